The van der Waals surface area contributed by atoms with E-state index >= 15 is 0 Å². The maximum absolute atomic E-state index is 13.3. The fraction of sp³-hybridized carbons (Fsp3) is 0.0909. The predicted molar refractivity (Wildman–Crippen MR) is 122 cm³/mol. The van der Waals surface area contributed by atoms with E-state index in [1.165, 1.54) is 23.5 Å². The van der Waals surface area contributed by atoms with Gasteiger partial charge in [-0.2, -0.15) is 5.26 Å². The van der Waals surface area contributed by atoms with Gasteiger partial charge in [0.1, 0.15) is 22.6 Å². The van der Waals surface area contributed by atoms with E-state index in [-0.39, 0.29) is 23.2 Å². The molecule has 2 aromatic carbocycles. The Morgan fingerprint density at radius 3 is 2.59 bits per heavy atom. The summed E-state index contributed by atoms with van der Waals surface area (Å²) >= 11 is 2.46. The van der Waals surface area contributed by atoms with Crippen LogP contribution in [0.4, 0.5) is 9.39 Å². The Hall–Kier alpha value is -3.68. The normalized spacial score (nSPS) is 10.7. The number of hydrogen-bond acceptors (Lipinski definition) is 7. The Balaban J connectivity index is 1.44. The van der Waals surface area contributed by atoms with Gasteiger partial charge in [-0.1, -0.05) is 23.9 Å². The van der Waals surface area contributed by atoms with Crippen LogP contribution < -0.4 is 5.32 Å². The summed E-state index contributed by atoms with van der Waals surface area (Å²) in [5.74, 6) is 0.0846. The molecule has 4 aromatic rings. The van der Waals surface area contributed by atoms with Gasteiger partial charge in [-0.05, 0) is 48.9 Å². The molecule has 32 heavy (non-hydrogen) atoms. The lowest BCUT2D eigenvalue weighted by atomic mass is 10.0. The third-order valence-electron chi connectivity index (χ3n) is 4.52. The Labute approximate surface area is 191 Å². The Kier molecular flexibility index (Phi) is 6.20. The second-order valence-corrected chi connectivity index (χ2v) is 8.87. The van der Waals surface area contributed by atoms with Crippen LogP contribution in [0.2, 0.25) is 0 Å². The van der Waals surface area contributed by atoms with E-state index in [1.807, 2.05) is 6.92 Å². The number of hydrogen-bond donors (Lipinski definition) is 3. The summed E-state index contributed by atoms with van der Waals surface area (Å²) in [4.78, 5) is 17.7. The Morgan fingerprint density at radius 2 is 1.91 bits per heavy atom. The molecule has 0 saturated carbocycles. The minimum Gasteiger partial charge on any atom is -0.508 e. The van der Waals surface area contributed by atoms with Crippen molar-refractivity contribution < 1.29 is 14.3 Å². The number of nitrogens with zero attached hydrogens (tertiary/aromatic N) is 3. The minimum atomic E-state index is -0.355. The number of amides is 1. The van der Waals surface area contributed by atoms with Gasteiger partial charge < -0.3 is 10.4 Å². The quantitative estimate of drug-likeness (QED) is 0.347. The molecular weight excluding hydrogens is 449 g/mol. The molecule has 7 nitrogen and oxygen atoms in total. The SMILES string of the molecule is Cc1sc(NC(=O)CSc2n[nH]c(-c3ccc(O)cc3)n2)c(C#N)c1-c1ccc(F)cc1. The van der Waals surface area contributed by atoms with Gasteiger partial charge in [0.05, 0.1) is 11.3 Å². The van der Waals surface area contributed by atoms with Gasteiger partial charge in [-0.15, -0.1) is 16.4 Å². The Bertz CT molecular complexity index is 1310. The number of carbonyl (C=O) groups excluding carboxylic acids is 1. The van der Waals surface area contributed by atoms with E-state index in [0.717, 1.165) is 22.2 Å². The summed E-state index contributed by atoms with van der Waals surface area (Å²) < 4.78 is 13.3. The zero-order chi connectivity index (χ0) is 22.7. The van der Waals surface area contributed by atoms with Gasteiger partial charge in [0.15, 0.2) is 5.82 Å². The summed E-state index contributed by atoms with van der Waals surface area (Å²) in [6, 6.07) is 14.6. The largest absolute Gasteiger partial charge is 0.508 e. The van der Waals surface area contributed by atoms with Crippen LogP contribution in [0, 0.1) is 24.1 Å². The number of carbonyl (C=O) groups is 1. The molecule has 0 fully saturated rings. The molecular formula is C22H16FN5O2S2. The number of phenolic OH excluding ortho intramolecular Hbond substituents is 1. The van der Waals surface area contributed by atoms with Crippen LogP contribution in [0.1, 0.15) is 10.4 Å². The molecule has 1 amide bonds. The second kappa shape index (κ2) is 9.21. The summed E-state index contributed by atoms with van der Waals surface area (Å²) in [7, 11) is 0. The maximum Gasteiger partial charge on any atom is 0.235 e. The van der Waals surface area contributed by atoms with Crippen molar-refractivity contribution in [3.63, 3.8) is 0 Å². The summed E-state index contributed by atoms with van der Waals surface area (Å²) in [5, 5.41) is 29.6. The van der Waals surface area contributed by atoms with Crippen LogP contribution in [0.3, 0.4) is 0 Å². The number of anilines is 1. The van der Waals surface area contributed by atoms with E-state index in [4.69, 9.17) is 0 Å². The first-order chi connectivity index (χ1) is 15.4. The number of thioether (sulfide) groups is 1. The van der Waals surface area contributed by atoms with Gasteiger partial charge >= 0.3 is 0 Å². The lowest BCUT2D eigenvalue weighted by molar-refractivity contribution is -0.113. The lowest BCUT2D eigenvalue weighted by Crippen LogP contribution is -2.14. The van der Waals surface area contributed by atoms with Gasteiger partial charge in [0, 0.05) is 16.0 Å². The van der Waals surface area contributed by atoms with Crippen molar-refractivity contribution in [3.05, 3.63) is 64.8 Å². The monoisotopic (exact) mass is 465 g/mol. The molecule has 0 atom stereocenters. The average Bonchev–Trinajstić information content (AvgIpc) is 3.37. The molecule has 0 bridgehead atoms. The number of rotatable bonds is 6. The molecule has 2 aromatic heterocycles. The highest BCUT2D eigenvalue weighted by atomic mass is 32.2. The topological polar surface area (TPSA) is 115 Å². The summed E-state index contributed by atoms with van der Waals surface area (Å²) in [6.45, 7) is 1.85. The standard InChI is InChI=1S/C22H16FN5O2S2/c1-12-19(13-2-6-15(23)7-3-13)17(10-24)21(32-12)25-18(30)11-31-22-26-20(27-28-22)14-4-8-16(29)9-5-14/h2-9,29H,11H2,1H3,(H,25,30)(H,26,27,28). The molecule has 0 aliphatic carbocycles. The zero-order valence-corrected chi connectivity index (χ0v) is 18.4. The van der Waals surface area contributed by atoms with E-state index in [9.17, 15) is 19.6 Å². The van der Waals surface area contributed by atoms with Crippen LogP contribution in [0.25, 0.3) is 22.5 Å². The van der Waals surface area contributed by atoms with Crippen molar-refractivity contribution in [2.75, 3.05) is 11.1 Å². The van der Waals surface area contributed by atoms with Crippen LogP contribution in [-0.4, -0.2) is 31.9 Å². The number of halogens is 1. The third-order valence-corrected chi connectivity index (χ3v) is 6.39. The van der Waals surface area contributed by atoms with Crippen molar-refractivity contribution >= 4 is 34.0 Å². The molecule has 0 saturated heterocycles. The minimum absolute atomic E-state index is 0.0561. The molecule has 0 unspecified atom stereocenters. The smallest absolute Gasteiger partial charge is 0.235 e. The van der Waals surface area contributed by atoms with Crippen LogP contribution in [0.15, 0.2) is 53.7 Å². The molecule has 3 N–H and O–H groups in total. The fourth-order valence-electron chi connectivity index (χ4n) is 3.06. The molecule has 4 rings (SSSR count). The maximum atomic E-state index is 13.3. The van der Waals surface area contributed by atoms with Crippen LogP contribution in [-0.2, 0) is 4.79 Å². The molecule has 0 spiro atoms. The number of aromatic hydroxyl groups is 1. The van der Waals surface area contributed by atoms with E-state index in [0.29, 0.717) is 32.7 Å². The van der Waals surface area contributed by atoms with Crippen molar-refractivity contribution in [2.45, 2.75) is 12.1 Å². The number of aryl methyl sites for hydroxylation is 1. The summed E-state index contributed by atoms with van der Waals surface area (Å²) in [5.41, 5.74) is 2.51. The number of phenols is 1. The highest BCUT2D eigenvalue weighted by Gasteiger charge is 2.19. The number of aromatic amines is 1. The molecule has 10 heteroatoms. The molecule has 2 heterocycles. The fourth-order valence-corrected chi connectivity index (χ4v) is 4.70. The van der Waals surface area contributed by atoms with E-state index in [1.54, 1.807) is 36.4 Å². The third kappa shape index (κ3) is 4.64. The van der Waals surface area contributed by atoms with Gasteiger partial charge in [0.2, 0.25) is 11.1 Å². The first-order valence-corrected chi connectivity index (χ1v) is 11.2. The first kappa shape index (κ1) is 21.5. The first-order valence-electron chi connectivity index (χ1n) is 9.38. The number of aromatic nitrogens is 3. The van der Waals surface area contributed by atoms with Gasteiger partial charge in [0.25, 0.3) is 0 Å². The number of nitrogens with one attached hydrogen (secondary N) is 2. The van der Waals surface area contributed by atoms with Crippen LogP contribution >= 0.6 is 23.1 Å². The van der Waals surface area contributed by atoms with Gasteiger partial charge in [-0.25, -0.2) is 9.37 Å². The van der Waals surface area contributed by atoms with Crippen LogP contribution in [0.5, 0.6) is 5.75 Å². The molecule has 160 valence electrons. The van der Waals surface area contributed by atoms with Crippen molar-refractivity contribution in [1.82, 2.24) is 15.2 Å². The number of benzene rings is 2. The molecule has 0 radical (unpaired) electrons. The van der Waals surface area contributed by atoms with E-state index < -0.39 is 0 Å². The Morgan fingerprint density at radius 1 is 1.22 bits per heavy atom. The zero-order valence-electron chi connectivity index (χ0n) is 16.7. The number of nitriles is 1. The highest BCUT2D eigenvalue weighted by Crippen LogP contribution is 2.39. The van der Waals surface area contributed by atoms with Crippen molar-refractivity contribution in [1.29, 1.82) is 5.26 Å². The predicted octanol–water partition coefficient (Wildman–Crippen LogP) is 4.96. The van der Waals surface area contributed by atoms with E-state index in [2.05, 4.69) is 26.6 Å². The van der Waals surface area contributed by atoms with Gasteiger partial charge in [-0.3, -0.25) is 9.89 Å². The van der Waals surface area contributed by atoms with Crippen molar-refractivity contribution in [2.24, 2.45) is 0 Å². The average molecular weight is 466 g/mol. The molecule has 0 aliphatic rings. The second-order valence-electron chi connectivity index (χ2n) is 6.71. The number of thiophene rings is 1. The highest BCUT2D eigenvalue weighted by molar-refractivity contribution is 7.99. The summed E-state index contributed by atoms with van der Waals surface area (Å²) in [6.07, 6.45) is 0. The molecule has 0 aliphatic heterocycles. The van der Waals surface area contributed by atoms with Crippen molar-refractivity contribution in [3.8, 4) is 34.3 Å². The number of H-pyrrole nitrogens is 1. The lowest BCUT2D eigenvalue weighted by Gasteiger charge is -2.04.